The van der Waals surface area contributed by atoms with E-state index in [-0.39, 0.29) is 10.8 Å². The molecule has 1 nitrogen and oxygen atoms in total. The predicted molar refractivity (Wildman–Crippen MR) is 81.1 cm³/mol. The Kier molecular flexibility index (Phi) is 3.16. The number of hydrogen-bond acceptors (Lipinski definition) is 1. The lowest BCUT2D eigenvalue weighted by atomic mass is 9.56. The van der Waals surface area contributed by atoms with Gasteiger partial charge in [0.1, 0.15) is 0 Å². The highest BCUT2D eigenvalue weighted by molar-refractivity contribution is 5.82. The van der Waals surface area contributed by atoms with Crippen molar-refractivity contribution in [1.29, 1.82) is 0 Å². The summed E-state index contributed by atoms with van der Waals surface area (Å²) in [6, 6.07) is 2.18. The molecular formula is C18H26O. The summed E-state index contributed by atoms with van der Waals surface area (Å²) in [7, 11) is 0. The topological polar surface area (TPSA) is 17.1 Å². The lowest BCUT2D eigenvalue weighted by molar-refractivity contribution is 0.111. The number of hydrogen-bond donors (Lipinski definition) is 0. The van der Waals surface area contributed by atoms with Crippen LogP contribution >= 0.6 is 0 Å². The van der Waals surface area contributed by atoms with Gasteiger partial charge in [0.05, 0.1) is 0 Å². The van der Waals surface area contributed by atoms with Gasteiger partial charge in [0.2, 0.25) is 0 Å². The fraction of sp³-hybridized carbons (Fsp3) is 0.611. The molecule has 0 saturated heterocycles. The van der Waals surface area contributed by atoms with Crippen molar-refractivity contribution >= 4 is 6.29 Å². The molecule has 1 aromatic rings. The van der Waals surface area contributed by atoms with Crippen LogP contribution in [0.1, 0.15) is 73.7 Å². The van der Waals surface area contributed by atoms with E-state index < -0.39 is 0 Å². The van der Waals surface area contributed by atoms with Crippen molar-refractivity contribution in [1.82, 2.24) is 0 Å². The molecule has 0 N–H and O–H groups in total. The van der Waals surface area contributed by atoms with E-state index in [1.807, 2.05) is 0 Å². The van der Waals surface area contributed by atoms with Crippen LogP contribution in [0.5, 0.6) is 0 Å². The van der Waals surface area contributed by atoms with Crippen LogP contribution in [-0.2, 0) is 10.8 Å². The molecule has 1 aromatic carbocycles. The largest absolute Gasteiger partial charge is 0.298 e. The van der Waals surface area contributed by atoms with Crippen molar-refractivity contribution in [2.24, 2.45) is 5.92 Å². The highest BCUT2D eigenvalue weighted by atomic mass is 16.1. The molecule has 0 bridgehead atoms. The first-order valence-corrected chi connectivity index (χ1v) is 7.23. The van der Waals surface area contributed by atoms with Gasteiger partial charge < -0.3 is 0 Å². The molecule has 1 heteroatoms. The predicted octanol–water partition coefficient (Wildman–Crippen LogP) is 4.71. The third kappa shape index (κ3) is 1.94. The molecule has 0 amide bonds. The molecule has 0 heterocycles. The number of carbonyl (C=O) groups excluding carboxylic acids is 1. The molecule has 0 spiro atoms. The Morgan fingerprint density at radius 3 is 2.21 bits per heavy atom. The number of rotatable bonds is 1. The fourth-order valence-corrected chi connectivity index (χ4v) is 4.07. The van der Waals surface area contributed by atoms with E-state index in [1.165, 1.54) is 23.1 Å². The van der Waals surface area contributed by atoms with Gasteiger partial charge in [0, 0.05) is 5.56 Å². The lowest BCUT2D eigenvalue weighted by Gasteiger charge is -2.48. The van der Waals surface area contributed by atoms with Gasteiger partial charge >= 0.3 is 0 Å². The summed E-state index contributed by atoms with van der Waals surface area (Å²) in [5.41, 5.74) is 6.29. The molecule has 0 radical (unpaired) electrons. The Hall–Kier alpha value is -1.11. The van der Waals surface area contributed by atoms with Crippen LogP contribution in [0.2, 0.25) is 0 Å². The van der Waals surface area contributed by atoms with Crippen molar-refractivity contribution < 1.29 is 4.79 Å². The van der Waals surface area contributed by atoms with Crippen molar-refractivity contribution in [2.75, 3.05) is 0 Å². The van der Waals surface area contributed by atoms with E-state index in [1.54, 1.807) is 0 Å². The fourth-order valence-electron chi connectivity index (χ4n) is 4.07. The molecule has 1 aliphatic carbocycles. The van der Waals surface area contributed by atoms with Crippen LogP contribution in [0, 0.1) is 19.8 Å². The van der Waals surface area contributed by atoms with Crippen molar-refractivity contribution in [3.8, 4) is 0 Å². The van der Waals surface area contributed by atoms with Crippen LogP contribution in [0.25, 0.3) is 0 Å². The second kappa shape index (κ2) is 4.19. The van der Waals surface area contributed by atoms with Gasteiger partial charge in [-0.05, 0) is 59.3 Å². The van der Waals surface area contributed by atoms with Crippen molar-refractivity contribution in [2.45, 2.75) is 65.7 Å². The average Bonchev–Trinajstić information content (AvgIpc) is 2.25. The third-order valence-electron chi connectivity index (χ3n) is 5.26. The minimum Gasteiger partial charge on any atom is -0.298 e. The van der Waals surface area contributed by atoms with Crippen molar-refractivity contribution in [3.05, 3.63) is 33.9 Å². The van der Waals surface area contributed by atoms with Gasteiger partial charge in [-0.25, -0.2) is 0 Å². The Morgan fingerprint density at radius 2 is 1.68 bits per heavy atom. The summed E-state index contributed by atoms with van der Waals surface area (Å²) in [6.45, 7) is 15.8. The van der Waals surface area contributed by atoms with Gasteiger partial charge in [-0.3, -0.25) is 4.79 Å². The Morgan fingerprint density at radius 1 is 1.11 bits per heavy atom. The maximum atomic E-state index is 11.6. The highest BCUT2D eigenvalue weighted by Gasteiger charge is 2.44. The molecule has 19 heavy (non-hydrogen) atoms. The second-order valence-electron chi connectivity index (χ2n) is 7.50. The number of benzene rings is 1. The molecular weight excluding hydrogens is 232 g/mol. The van der Waals surface area contributed by atoms with Crippen LogP contribution < -0.4 is 0 Å². The van der Waals surface area contributed by atoms with Gasteiger partial charge in [-0.15, -0.1) is 0 Å². The Balaban J connectivity index is 2.93. The zero-order chi connectivity index (χ0) is 14.6. The Labute approximate surface area is 117 Å². The van der Waals surface area contributed by atoms with E-state index in [0.29, 0.717) is 5.92 Å². The van der Waals surface area contributed by atoms with Crippen molar-refractivity contribution in [3.63, 3.8) is 0 Å². The normalized spacial score (nSPS) is 23.8. The lowest BCUT2D eigenvalue weighted by Crippen LogP contribution is -2.42. The van der Waals surface area contributed by atoms with Gasteiger partial charge in [-0.2, -0.15) is 0 Å². The summed E-state index contributed by atoms with van der Waals surface area (Å²) >= 11 is 0. The highest BCUT2D eigenvalue weighted by Crippen LogP contribution is 2.51. The molecule has 1 atom stereocenters. The SMILES string of the molecule is Cc1cc(C)c2c(c1C=O)C(C)(C)C(C)CC2(C)C. The minimum absolute atomic E-state index is 0.0673. The number of fused-ring (bicyclic) bond motifs is 1. The van der Waals surface area contributed by atoms with Gasteiger partial charge in [0.25, 0.3) is 0 Å². The standard InChI is InChI=1S/C18H26O/c1-11-8-12(2)15-16(14(11)10-19)18(6,7)13(3)9-17(15,4)5/h8,10,13H,9H2,1-7H3. The summed E-state index contributed by atoms with van der Waals surface area (Å²) in [5, 5.41) is 0. The number of aldehydes is 1. The minimum atomic E-state index is 0.0673. The molecule has 0 fully saturated rings. The summed E-state index contributed by atoms with van der Waals surface area (Å²) < 4.78 is 0. The van der Waals surface area contributed by atoms with E-state index >= 15 is 0 Å². The van der Waals surface area contributed by atoms with Gasteiger partial charge in [-0.1, -0.05) is 40.7 Å². The van der Waals surface area contributed by atoms with Crippen LogP contribution in [0.4, 0.5) is 0 Å². The maximum absolute atomic E-state index is 11.6. The van der Waals surface area contributed by atoms with E-state index in [2.05, 4.69) is 54.5 Å². The van der Waals surface area contributed by atoms with E-state index in [4.69, 9.17) is 0 Å². The zero-order valence-electron chi connectivity index (χ0n) is 13.3. The van der Waals surface area contributed by atoms with E-state index in [0.717, 1.165) is 17.4 Å². The molecule has 0 saturated carbocycles. The first-order valence-electron chi connectivity index (χ1n) is 7.23. The zero-order valence-corrected chi connectivity index (χ0v) is 13.3. The smallest absolute Gasteiger partial charge is 0.150 e. The summed E-state index contributed by atoms with van der Waals surface area (Å²) in [6.07, 6.45) is 2.23. The average molecular weight is 258 g/mol. The monoisotopic (exact) mass is 258 g/mol. The molecule has 0 aromatic heterocycles. The third-order valence-corrected chi connectivity index (χ3v) is 5.26. The quantitative estimate of drug-likeness (QED) is 0.667. The number of aryl methyl sites for hydroxylation is 2. The maximum Gasteiger partial charge on any atom is 0.150 e. The van der Waals surface area contributed by atoms with Crippen LogP contribution in [0.3, 0.4) is 0 Å². The molecule has 0 aliphatic heterocycles. The molecule has 1 aliphatic rings. The summed E-state index contributed by atoms with van der Waals surface area (Å²) in [5.74, 6) is 0.579. The molecule has 104 valence electrons. The molecule has 2 rings (SSSR count). The first-order chi connectivity index (χ1) is 8.63. The van der Waals surface area contributed by atoms with Gasteiger partial charge in [0.15, 0.2) is 6.29 Å². The number of carbonyl (C=O) groups is 1. The second-order valence-corrected chi connectivity index (χ2v) is 7.50. The Bertz CT molecular complexity index is 535. The van der Waals surface area contributed by atoms with Crippen LogP contribution in [-0.4, -0.2) is 6.29 Å². The molecule has 1 unspecified atom stereocenters. The first kappa shape index (κ1) is 14.3. The van der Waals surface area contributed by atoms with Crippen LogP contribution in [0.15, 0.2) is 6.07 Å². The summed E-state index contributed by atoms with van der Waals surface area (Å²) in [4.78, 5) is 11.6. The van der Waals surface area contributed by atoms with E-state index in [9.17, 15) is 4.79 Å².